The minimum Gasteiger partial charge on any atom is -0.353 e. The number of aromatic nitrogens is 2. The summed E-state index contributed by atoms with van der Waals surface area (Å²) in [4.78, 5) is 22.5. The highest BCUT2D eigenvalue weighted by Gasteiger charge is 2.09. The number of carbonyl (C=O) groups excluding carboxylic acids is 1. The van der Waals surface area contributed by atoms with Crippen LogP contribution in [0.15, 0.2) is 36.5 Å². The number of hydrogen-bond acceptors (Lipinski definition) is 5. The molecule has 1 aromatic carbocycles. The molecular formula is C15H18ClN5O. The first-order chi connectivity index (χ1) is 10.5. The van der Waals surface area contributed by atoms with Gasteiger partial charge in [0.1, 0.15) is 5.69 Å². The lowest BCUT2D eigenvalue weighted by atomic mass is 10.3. The monoisotopic (exact) mass is 319 g/mol. The van der Waals surface area contributed by atoms with Crippen LogP contribution in [-0.2, 0) is 0 Å². The lowest BCUT2D eigenvalue weighted by molar-refractivity contribution is 0.102. The van der Waals surface area contributed by atoms with Crippen molar-refractivity contribution in [1.29, 1.82) is 0 Å². The van der Waals surface area contributed by atoms with Gasteiger partial charge in [-0.05, 0) is 38.4 Å². The molecule has 0 atom stereocenters. The Morgan fingerprint density at radius 1 is 1.32 bits per heavy atom. The van der Waals surface area contributed by atoms with Gasteiger partial charge in [-0.25, -0.2) is 9.97 Å². The summed E-state index contributed by atoms with van der Waals surface area (Å²) in [6.07, 6.45) is 1.55. The van der Waals surface area contributed by atoms with E-state index in [1.54, 1.807) is 36.5 Å². The van der Waals surface area contributed by atoms with Crippen LogP contribution in [-0.4, -0.2) is 48.0 Å². The van der Waals surface area contributed by atoms with Crippen LogP contribution in [0.4, 0.5) is 11.6 Å². The van der Waals surface area contributed by atoms with Crippen LogP contribution < -0.4 is 10.6 Å². The summed E-state index contributed by atoms with van der Waals surface area (Å²) in [6.45, 7) is 1.55. The van der Waals surface area contributed by atoms with Crippen LogP contribution in [0.1, 0.15) is 10.5 Å². The van der Waals surface area contributed by atoms with Crippen molar-refractivity contribution in [2.45, 2.75) is 0 Å². The smallest absolute Gasteiger partial charge is 0.274 e. The molecule has 116 valence electrons. The summed E-state index contributed by atoms with van der Waals surface area (Å²) < 4.78 is 0. The molecule has 0 fully saturated rings. The Balaban J connectivity index is 2.00. The molecule has 0 bridgehead atoms. The van der Waals surface area contributed by atoms with Gasteiger partial charge >= 0.3 is 0 Å². The number of carbonyl (C=O) groups is 1. The second kappa shape index (κ2) is 7.72. The number of hydrogen-bond donors (Lipinski definition) is 2. The first-order valence-corrected chi connectivity index (χ1v) is 7.21. The first kappa shape index (κ1) is 16.2. The largest absolute Gasteiger partial charge is 0.353 e. The van der Waals surface area contributed by atoms with Crippen molar-refractivity contribution >= 4 is 29.1 Å². The van der Waals surface area contributed by atoms with E-state index >= 15 is 0 Å². The van der Waals surface area contributed by atoms with Crippen molar-refractivity contribution in [3.63, 3.8) is 0 Å². The summed E-state index contributed by atoms with van der Waals surface area (Å²) in [5, 5.41) is 6.39. The molecule has 0 saturated carbocycles. The Bertz CT molecular complexity index is 647. The number of anilines is 2. The standard InChI is InChI=1S/C15H18ClN5O/c1-21(2)9-8-18-15-17-7-6-13(20-15)14(22)19-12-5-3-4-11(16)10-12/h3-7,10H,8-9H2,1-2H3,(H,19,22)(H,17,18,20). The van der Waals surface area contributed by atoms with Crippen molar-refractivity contribution in [2.75, 3.05) is 37.8 Å². The quantitative estimate of drug-likeness (QED) is 0.855. The van der Waals surface area contributed by atoms with Crippen LogP contribution in [0.5, 0.6) is 0 Å². The number of nitrogens with one attached hydrogen (secondary N) is 2. The highest BCUT2D eigenvalue weighted by atomic mass is 35.5. The van der Waals surface area contributed by atoms with E-state index in [-0.39, 0.29) is 5.91 Å². The number of rotatable bonds is 6. The van der Waals surface area contributed by atoms with Crippen molar-refractivity contribution < 1.29 is 4.79 Å². The van der Waals surface area contributed by atoms with E-state index < -0.39 is 0 Å². The normalized spacial score (nSPS) is 10.5. The number of nitrogens with zero attached hydrogens (tertiary/aromatic N) is 3. The number of benzene rings is 1. The predicted octanol–water partition coefficient (Wildman–Crippen LogP) is 2.36. The van der Waals surface area contributed by atoms with Gasteiger partial charge in [0, 0.05) is 30.0 Å². The average molecular weight is 320 g/mol. The average Bonchev–Trinajstić information content (AvgIpc) is 2.47. The molecule has 0 aliphatic rings. The first-order valence-electron chi connectivity index (χ1n) is 6.83. The zero-order valence-electron chi connectivity index (χ0n) is 12.5. The second-order valence-electron chi connectivity index (χ2n) is 4.96. The van der Waals surface area contributed by atoms with Crippen LogP contribution in [0, 0.1) is 0 Å². The van der Waals surface area contributed by atoms with Crippen LogP contribution in [0.2, 0.25) is 5.02 Å². The topological polar surface area (TPSA) is 70.2 Å². The van der Waals surface area contributed by atoms with E-state index in [0.717, 1.165) is 6.54 Å². The Morgan fingerprint density at radius 3 is 2.86 bits per heavy atom. The zero-order valence-corrected chi connectivity index (χ0v) is 13.3. The van der Waals surface area contributed by atoms with Gasteiger partial charge in [0.25, 0.3) is 5.91 Å². The van der Waals surface area contributed by atoms with Crippen LogP contribution in [0.3, 0.4) is 0 Å². The molecule has 2 aromatic rings. The minimum absolute atomic E-state index is 0.294. The second-order valence-corrected chi connectivity index (χ2v) is 5.40. The molecule has 1 aromatic heterocycles. The Morgan fingerprint density at radius 2 is 2.14 bits per heavy atom. The lowest BCUT2D eigenvalue weighted by Crippen LogP contribution is -2.22. The molecule has 7 heteroatoms. The molecule has 0 saturated heterocycles. The van der Waals surface area contributed by atoms with Gasteiger partial charge in [-0.15, -0.1) is 0 Å². The Hall–Kier alpha value is -2.18. The molecule has 1 amide bonds. The molecule has 0 unspecified atom stereocenters. The zero-order chi connectivity index (χ0) is 15.9. The molecule has 0 aliphatic carbocycles. The predicted molar refractivity (Wildman–Crippen MR) is 88.5 cm³/mol. The number of likely N-dealkylation sites (N-methyl/N-ethyl adjacent to an activating group) is 1. The van der Waals surface area contributed by atoms with Gasteiger partial charge in [0.05, 0.1) is 0 Å². The van der Waals surface area contributed by atoms with Gasteiger partial charge in [-0.3, -0.25) is 4.79 Å². The third kappa shape index (κ3) is 4.98. The van der Waals surface area contributed by atoms with E-state index in [1.807, 2.05) is 19.0 Å². The van der Waals surface area contributed by atoms with E-state index in [4.69, 9.17) is 11.6 Å². The van der Waals surface area contributed by atoms with E-state index in [2.05, 4.69) is 20.6 Å². The summed E-state index contributed by atoms with van der Waals surface area (Å²) in [7, 11) is 3.97. The number of amides is 1. The highest BCUT2D eigenvalue weighted by molar-refractivity contribution is 6.30. The molecule has 1 heterocycles. The van der Waals surface area contributed by atoms with E-state index in [1.165, 1.54) is 0 Å². The van der Waals surface area contributed by atoms with Gasteiger partial charge in [0.2, 0.25) is 5.95 Å². The maximum Gasteiger partial charge on any atom is 0.274 e. The minimum atomic E-state index is -0.305. The fourth-order valence-corrected chi connectivity index (χ4v) is 1.91. The van der Waals surface area contributed by atoms with Crippen molar-refractivity contribution in [3.05, 3.63) is 47.2 Å². The molecular weight excluding hydrogens is 302 g/mol. The summed E-state index contributed by atoms with van der Waals surface area (Å²) in [5.41, 5.74) is 0.917. The van der Waals surface area contributed by atoms with Gasteiger partial charge in [-0.2, -0.15) is 0 Å². The fraction of sp³-hybridized carbons (Fsp3) is 0.267. The Labute approximate surface area is 134 Å². The maximum absolute atomic E-state index is 12.2. The molecule has 2 N–H and O–H groups in total. The van der Waals surface area contributed by atoms with Crippen molar-refractivity contribution in [3.8, 4) is 0 Å². The summed E-state index contributed by atoms with van der Waals surface area (Å²) in [5.74, 6) is 0.126. The SMILES string of the molecule is CN(C)CCNc1nccc(C(=O)Nc2cccc(Cl)c2)n1. The van der Waals surface area contributed by atoms with Crippen LogP contribution in [0.25, 0.3) is 0 Å². The molecule has 2 rings (SSSR count). The van der Waals surface area contributed by atoms with Crippen molar-refractivity contribution in [2.24, 2.45) is 0 Å². The molecule has 0 spiro atoms. The fourth-order valence-electron chi connectivity index (χ4n) is 1.72. The van der Waals surface area contributed by atoms with E-state index in [9.17, 15) is 4.79 Å². The third-order valence-corrected chi connectivity index (χ3v) is 3.05. The summed E-state index contributed by atoms with van der Waals surface area (Å²) in [6, 6.07) is 8.52. The molecule has 22 heavy (non-hydrogen) atoms. The highest BCUT2D eigenvalue weighted by Crippen LogP contribution is 2.15. The van der Waals surface area contributed by atoms with Crippen LogP contribution >= 0.6 is 11.6 Å². The van der Waals surface area contributed by atoms with Gasteiger partial charge in [0.15, 0.2) is 0 Å². The lowest BCUT2D eigenvalue weighted by Gasteiger charge is -2.10. The van der Waals surface area contributed by atoms with Gasteiger partial charge in [-0.1, -0.05) is 17.7 Å². The maximum atomic E-state index is 12.2. The van der Waals surface area contributed by atoms with Gasteiger partial charge < -0.3 is 15.5 Å². The number of halogens is 1. The Kier molecular flexibility index (Phi) is 5.68. The van der Waals surface area contributed by atoms with E-state index in [0.29, 0.717) is 28.9 Å². The molecule has 0 radical (unpaired) electrons. The third-order valence-electron chi connectivity index (χ3n) is 2.81. The molecule has 6 nitrogen and oxygen atoms in total. The molecule has 0 aliphatic heterocycles. The summed E-state index contributed by atoms with van der Waals surface area (Å²) >= 11 is 5.89. The van der Waals surface area contributed by atoms with Crippen molar-refractivity contribution in [1.82, 2.24) is 14.9 Å².